The van der Waals surface area contributed by atoms with Crippen LogP contribution in [-0.2, 0) is 28.6 Å². The fourth-order valence-corrected chi connectivity index (χ4v) is 6.97. The molecule has 0 spiro atoms. The number of hydrogen-bond acceptors (Lipinski definition) is 8. The van der Waals surface area contributed by atoms with Crippen LogP contribution >= 0.6 is 0 Å². The van der Waals surface area contributed by atoms with Gasteiger partial charge in [-0.2, -0.15) is 0 Å². The summed E-state index contributed by atoms with van der Waals surface area (Å²) < 4.78 is 16.7. The second-order valence-electron chi connectivity index (χ2n) is 14.2. The predicted molar refractivity (Wildman–Crippen MR) is 186 cm³/mol. The van der Waals surface area contributed by atoms with Crippen molar-refractivity contribution in [2.24, 2.45) is 0 Å². The number of hydrogen-bond donors (Lipinski definition) is 2. The maximum Gasteiger partial charge on any atom is 0.334 e. The largest absolute Gasteiger partial charge is 0.462 e. The average molecular weight is 665 g/mol. The third kappa shape index (κ3) is 19.1. The third-order valence-corrected chi connectivity index (χ3v) is 9.76. The van der Waals surface area contributed by atoms with Crippen LogP contribution in [0.15, 0.2) is 11.6 Å². The normalized spacial score (nSPS) is 21.3. The van der Waals surface area contributed by atoms with E-state index in [0.29, 0.717) is 32.1 Å². The van der Waals surface area contributed by atoms with Gasteiger partial charge in [0.2, 0.25) is 0 Å². The van der Waals surface area contributed by atoms with Crippen LogP contribution in [0.3, 0.4) is 0 Å². The van der Waals surface area contributed by atoms with Crippen molar-refractivity contribution >= 4 is 17.7 Å². The molecular formula is C39H68O8. The number of unbranched alkanes of at least 4 members (excludes halogenated alkanes) is 14. The SMILES string of the molecule is CCCCCCCCCCCC[C@@H](O)[C@H]1CC[C@H]([C@H](O)C[C@H](CCCCC(=O)CCCCCCCC2=C[C@H](C)OC2=O)OC(C)=O)O1. The topological polar surface area (TPSA) is 119 Å². The molecule has 0 bridgehead atoms. The highest BCUT2D eigenvalue weighted by Crippen LogP contribution is 2.29. The number of aliphatic hydroxyl groups is 2. The number of aliphatic hydroxyl groups excluding tert-OH is 2. The van der Waals surface area contributed by atoms with Gasteiger partial charge in [0.15, 0.2) is 0 Å². The van der Waals surface area contributed by atoms with Crippen LogP contribution in [0.1, 0.15) is 181 Å². The van der Waals surface area contributed by atoms with Gasteiger partial charge in [-0.25, -0.2) is 4.79 Å². The molecular weight excluding hydrogens is 596 g/mol. The Labute approximate surface area is 285 Å². The molecule has 2 aliphatic rings. The molecule has 8 heteroatoms. The molecule has 0 amide bonds. The zero-order valence-electron chi connectivity index (χ0n) is 30.1. The summed E-state index contributed by atoms with van der Waals surface area (Å²) in [7, 11) is 0. The number of ketones is 1. The summed E-state index contributed by atoms with van der Waals surface area (Å²) >= 11 is 0. The Morgan fingerprint density at radius 1 is 0.787 bits per heavy atom. The zero-order chi connectivity index (χ0) is 34.3. The molecule has 0 unspecified atom stereocenters. The summed E-state index contributed by atoms with van der Waals surface area (Å²) in [5.74, 6) is -0.283. The maximum atomic E-state index is 12.4. The van der Waals surface area contributed by atoms with E-state index in [2.05, 4.69) is 6.92 Å². The van der Waals surface area contributed by atoms with Crippen molar-refractivity contribution in [2.45, 2.75) is 218 Å². The van der Waals surface area contributed by atoms with E-state index in [1.54, 1.807) is 0 Å². The number of rotatable bonds is 29. The minimum Gasteiger partial charge on any atom is -0.462 e. The average Bonchev–Trinajstić information content (AvgIpc) is 3.65. The number of Topliss-reactive ketones (excluding diaryl/α,β-unsaturated/α-hetero) is 1. The molecule has 0 aromatic heterocycles. The highest BCUT2D eigenvalue weighted by molar-refractivity contribution is 5.90. The Morgan fingerprint density at radius 2 is 1.32 bits per heavy atom. The second-order valence-corrected chi connectivity index (χ2v) is 14.2. The summed E-state index contributed by atoms with van der Waals surface area (Å²) in [6, 6.07) is 0. The van der Waals surface area contributed by atoms with E-state index in [4.69, 9.17) is 14.2 Å². The Balaban J connectivity index is 1.52. The van der Waals surface area contributed by atoms with E-state index in [1.807, 2.05) is 13.0 Å². The molecule has 0 aromatic carbocycles. The Bertz CT molecular complexity index is 901. The maximum absolute atomic E-state index is 12.4. The van der Waals surface area contributed by atoms with Crippen molar-refractivity contribution in [1.29, 1.82) is 0 Å². The van der Waals surface area contributed by atoms with Gasteiger partial charge in [0.1, 0.15) is 18.0 Å². The summed E-state index contributed by atoms with van der Waals surface area (Å²) in [5.41, 5.74) is 0.795. The van der Waals surface area contributed by atoms with E-state index in [1.165, 1.54) is 58.3 Å². The van der Waals surface area contributed by atoms with Gasteiger partial charge in [-0.1, -0.05) is 90.4 Å². The smallest absolute Gasteiger partial charge is 0.334 e. The Morgan fingerprint density at radius 3 is 1.91 bits per heavy atom. The fraction of sp³-hybridized carbons (Fsp3) is 0.872. The molecule has 0 aromatic rings. The summed E-state index contributed by atoms with van der Waals surface area (Å²) in [4.78, 5) is 35.8. The first kappa shape index (κ1) is 41.4. The van der Waals surface area contributed by atoms with Gasteiger partial charge >= 0.3 is 11.9 Å². The molecule has 2 heterocycles. The van der Waals surface area contributed by atoms with Gasteiger partial charge in [-0.05, 0) is 70.8 Å². The second kappa shape index (κ2) is 25.2. The molecule has 0 aliphatic carbocycles. The number of esters is 2. The summed E-state index contributed by atoms with van der Waals surface area (Å²) in [6.45, 7) is 5.50. The van der Waals surface area contributed by atoms with Gasteiger partial charge < -0.3 is 24.4 Å². The van der Waals surface area contributed by atoms with Gasteiger partial charge in [0, 0.05) is 31.8 Å². The summed E-state index contributed by atoms with van der Waals surface area (Å²) in [6.07, 6.45) is 23.5. The minimum atomic E-state index is -0.761. The van der Waals surface area contributed by atoms with Gasteiger partial charge in [0.25, 0.3) is 0 Å². The molecule has 2 aliphatic heterocycles. The molecule has 2 N–H and O–H groups in total. The van der Waals surface area contributed by atoms with Crippen LogP contribution in [0.5, 0.6) is 0 Å². The van der Waals surface area contributed by atoms with Crippen molar-refractivity contribution < 1.29 is 38.8 Å². The van der Waals surface area contributed by atoms with Crippen molar-refractivity contribution in [1.82, 2.24) is 0 Å². The molecule has 1 saturated heterocycles. The van der Waals surface area contributed by atoms with Crippen LogP contribution in [-0.4, -0.2) is 64.6 Å². The minimum absolute atomic E-state index is 0.105. The van der Waals surface area contributed by atoms with Crippen molar-refractivity contribution in [3.63, 3.8) is 0 Å². The van der Waals surface area contributed by atoms with Crippen LogP contribution in [0, 0.1) is 0 Å². The third-order valence-electron chi connectivity index (χ3n) is 9.76. The number of carbonyl (C=O) groups excluding carboxylic acids is 3. The zero-order valence-corrected chi connectivity index (χ0v) is 30.1. The molecule has 0 saturated carbocycles. The fourth-order valence-electron chi connectivity index (χ4n) is 6.97. The van der Waals surface area contributed by atoms with E-state index >= 15 is 0 Å². The van der Waals surface area contributed by atoms with Crippen LogP contribution in [0.4, 0.5) is 0 Å². The Kier molecular flexibility index (Phi) is 22.2. The standard InChI is InChI=1S/C39H68O8/c1-4-5-6-7-8-9-10-11-15-18-25-35(42)37-26-27-38(47-37)36(43)29-34(46-31(3)40)24-20-19-23-33(41)22-17-14-12-13-16-21-32-28-30(2)45-39(32)44/h28,30,34-38,42-43H,4-27,29H2,1-3H3/t30-,34-,35+,36+,37+,38+/m0/s1. The van der Waals surface area contributed by atoms with Crippen LogP contribution in [0.25, 0.3) is 0 Å². The van der Waals surface area contributed by atoms with E-state index in [9.17, 15) is 24.6 Å². The number of cyclic esters (lactones) is 1. The van der Waals surface area contributed by atoms with Gasteiger partial charge in [-0.3, -0.25) is 9.59 Å². The van der Waals surface area contributed by atoms with E-state index in [-0.39, 0.29) is 36.0 Å². The highest BCUT2D eigenvalue weighted by atomic mass is 16.6. The first-order valence-corrected chi connectivity index (χ1v) is 19.3. The lowest BCUT2D eigenvalue weighted by Gasteiger charge is -2.25. The van der Waals surface area contributed by atoms with Crippen LogP contribution in [0.2, 0.25) is 0 Å². The first-order chi connectivity index (χ1) is 22.7. The molecule has 2 rings (SSSR count). The van der Waals surface area contributed by atoms with Crippen molar-refractivity contribution in [2.75, 3.05) is 0 Å². The molecule has 1 fully saturated rings. The highest BCUT2D eigenvalue weighted by Gasteiger charge is 2.35. The molecule has 6 atom stereocenters. The lowest BCUT2D eigenvalue weighted by molar-refractivity contribution is -0.150. The van der Waals surface area contributed by atoms with Crippen LogP contribution < -0.4 is 0 Å². The lowest BCUT2D eigenvalue weighted by Crippen LogP contribution is -2.34. The van der Waals surface area contributed by atoms with Gasteiger partial charge in [0.05, 0.1) is 24.4 Å². The molecule has 0 radical (unpaired) electrons. The summed E-state index contributed by atoms with van der Waals surface area (Å²) in [5, 5.41) is 21.6. The number of ether oxygens (including phenoxy) is 3. The van der Waals surface area contributed by atoms with Gasteiger partial charge in [-0.15, -0.1) is 0 Å². The molecule has 272 valence electrons. The first-order valence-electron chi connectivity index (χ1n) is 19.3. The molecule has 8 nitrogen and oxygen atoms in total. The van der Waals surface area contributed by atoms with E-state index in [0.717, 1.165) is 82.6 Å². The quantitative estimate of drug-likeness (QED) is 0.0603. The lowest BCUT2D eigenvalue weighted by atomic mass is 9.98. The van der Waals surface area contributed by atoms with Crippen molar-refractivity contribution in [3.8, 4) is 0 Å². The monoisotopic (exact) mass is 664 g/mol. The van der Waals surface area contributed by atoms with E-state index < -0.39 is 18.3 Å². The molecule has 47 heavy (non-hydrogen) atoms. The Hall–Kier alpha value is -1.77. The number of carbonyl (C=O) groups is 3. The predicted octanol–water partition coefficient (Wildman–Crippen LogP) is 8.62. The van der Waals surface area contributed by atoms with Crippen molar-refractivity contribution in [3.05, 3.63) is 11.6 Å².